The number of hydrogen-bond acceptors (Lipinski definition) is 4. The van der Waals surface area contributed by atoms with Crippen LogP contribution in [0.15, 0.2) is 42.6 Å². The second-order valence-corrected chi connectivity index (χ2v) is 7.11. The van der Waals surface area contributed by atoms with Crippen LogP contribution in [0.25, 0.3) is 5.65 Å². The number of carbonyl (C=O) groups is 2. The minimum Gasteiger partial charge on any atom is -0.326 e. The summed E-state index contributed by atoms with van der Waals surface area (Å²) in [7, 11) is 0. The lowest BCUT2D eigenvalue weighted by Crippen LogP contribution is -2.15. The summed E-state index contributed by atoms with van der Waals surface area (Å²) in [6.45, 7) is 7.67. The molecular weight excluding hydrogens is 330 g/mol. The van der Waals surface area contributed by atoms with Gasteiger partial charge in [-0.1, -0.05) is 20.8 Å². The minimum absolute atomic E-state index is 0.0915. The lowest BCUT2D eigenvalue weighted by atomic mass is 9.93. The first-order valence-corrected chi connectivity index (χ1v) is 8.28. The molecule has 0 fully saturated rings. The van der Waals surface area contributed by atoms with Gasteiger partial charge in [-0.15, -0.1) is 0 Å². The third-order valence-electron chi connectivity index (χ3n) is 3.78. The van der Waals surface area contributed by atoms with E-state index in [1.54, 1.807) is 40.9 Å². The van der Waals surface area contributed by atoms with Crippen molar-refractivity contribution in [2.75, 3.05) is 10.6 Å². The molecule has 2 heterocycles. The highest BCUT2D eigenvalue weighted by Gasteiger charge is 2.18. The van der Waals surface area contributed by atoms with E-state index < -0.39 is 0 Å². The van der Waals surface area contributed by atoms with Crippen molar-refractivity contribution in [3.8, 4) is 0 Å². The Bertz CT molecular complexity index is 968. The molecule has 0 saturated heterocycles. The first-order valence-electron chi connectivity index (χ1n) is 8.28. The van der Waals surface area contributed by atoms with Crippen LogP contribution in [0, 0.1) is 0 Å². The maximum Gasteiger partial charge on any atom is 0.276 e. The maximum absolute atomic E-state index is 12.4. The van der Waals surface area contributed by atoms with Crippen LogP contribution in [0.1, 0.15) is 43.9 Å². The van der Waals surface area contributed by atoms with E-state index in [1.807, 2.05) is 6.20 Å². The van der Waals surface area contributed by atoms with Gasteiger partial charge in [0.15, 0.2) is 5.65 Å². The average molecular weight is 351 g/mol. The summed E-state index contributed by atoms with van der Waals surface area (Å²) in [5.74, 6) is -0.459. The van der Waals surface area contributed by atoms with E-state index in [9.17, 15) is 9.59 Å². The molecular formula is C19H21N5O2. The summed E-state index contributed by atoms with van der Waals surface area (Å²) >= 11 is 0. The van der Waals surface area contributed by atoms with Crippen LogP contribution in [-0.2, 0) is 10.2 Å². The molecule has 2 aromatic heterocycles. The Morgan fingerprint density at radius 2 is 1.58 bits per heavy atom. The molecule has 26 heavy (non-hydrogen) atoms. The van der Waals surface area contributed by atoms with Crippen LogP contribution in [0.3, 0.4) is 0 Å². The van der Waals surface area contributed by atoms with Crippen molar-refractivity contribution in [2.24, 2.45) is 0 Å². The number of fused-ring (bicyclic) bond motifs is 1. The average Bonchev–Trinajstić information content (AvgIpc) is 2.99. The third kappa shape index (κ3) is 3.88. The van der Waals surface area contributed by atoms with Crippen molar-refractivity contribution in [3.63, 3.8) is 0 Å². The molecule has 7 nitrogen and oxygen atoms in total. The van der Waals surface area contributed by atoms with E-state index in [-0.39, 0.29) is 17.2 Å². The number of benzene rings is 1. The Morgan fingerprint density at radius 1 is 0.962 bits per heavy atom. The van der Waals surface area contributed by atoms with Gasteiger partial charge in [-0.25, -0.2) is 9.50 Å². The van der Waals surface area contributed by atoms with E-state index in [4.69, 9.17) is 0 Å². The molecule has 2 N–H and O–H groups in total. The molecule has 0 atom stereocenters. The number of amides is 2. The number of nitrogens with one attached hydrogen (secondary N) is 2. The van der Waals surface area contributed by atoms with Crippen LogP contribution < -0.4 is 10.6 Å². The van der Waals surface area contributed by atoms with Crippen molar-refractivity contribution in [1.82, 2.24) is 14.6 Å². The van der Waals surface area contributed by atoms with Crippen LogP contribution in [0.2, 0.25) is 0 Å². The fourth-order valence-corrected chi connectivity index (χ4v) is 2.40. The number of hydrogen-bond donors (Lipinski definition) is 2. The van der Waals surface area contributed by atoms with E-state index in [0.717, 1.165) is 5.69 Å². The molecule has 0 aliphatic heterocycles. The predicted octanol–water partition coefficient (Wildman–Crippen LogP) is 3.24. The van der Waals surface area contributed by atoms with Crippen molar-refractivity contribution in [1.29, 1.82) is 0 Å². The molecule has 0 aliphatic carbocycles. The summed E-state index contributed by atoms with van der Waals surface area (Å²) in [6.07, 6.45) is 1.84. The van der Waals surface area contributed by atoms with Crippen molar-refractivity contribution < 1.29 is 9.59 Å². The Labute approximate surface area is 151 Å². The fraction of sp³-hybridized carbons (Fsp3) is 0.263. The van der Waals surface area contributed by atoms with Gasteiger partial charge in [0.1, 0.15) is 5.69 Å². The molecule has 0 spiro atoms. The van der Waals surface area contributed by atoms with Gasteiger partial charge < -0.3 is 10.6 Å². The zero-order chi connectivity index (χ0) is 18.9. The second-order valence-electron chi connectivity index (χ2n) is 7.11. The monoisotopic (exact) mass is 351 g/mol. The normalized spacial score (nSPS) is 11.4. The Kier molecular flexibility index (Phi) is 4.46. The Morgan fingerprint density at radius 3 is 2.15 bits per heavy atom. The van der Waals surface area contributed by atoms with E-state index in [0.29, 0.717) is 22.7 Å². The standard InChI is InChI=1S/C19H21N5O2/c1-12(25)20-13-5-7-14(8-6-13)21-18(26)15-9-10-17-22-16(19(2,3)4)11-24(17)23-15/h5-11H,1-4H3,(H,20,25)(H,21,26). The Hall–Kier alpha value is -3.22. The largest absolute Gasteiger partial charge is 0.326 e. The van der Waals surface area contributed by atoms with Gasteiger partial charge >= 0.3 is 0 Å². The lowest BCUT2D eigenvalue weighted by Gasteiger charge is -2.13. The molecule has 0 saturated carbocycles. The van der Waals surface area contributed by atoms with Gasteiger partial charge in [-0.3, -0.25) is 9.59 Å². The topological polar surface area (TPSA) is 88.4 Å². The van der Waals surface area contributed by atoms with Gasteiger partial charge in [-0.05, 0) is 36.4 Å². The highest BCUT2D eigenvalue weighted by Crippen LogP contribution is 2.21. The molecule has 7 heteroatoms. The summed E-state index contributed by atoms with van der Waals surface area (Å²) in [4.78, 5) is 28.0. The number of carbonyl (C=O) groups excluding carboxylic acids is 2. The van der Waals surface area contributed by atoms with Crippen molar-refractivity contribution in [3.05, 3.63) is 54.0 Å². The molecule has 134 valence electrons. The first kappa shape index (κ1) is 17.6. The van der Waals surface area contributed by atoms with Crippen LogP contribution in [0.4, 0.5) is 11.4 Å². The molecule has 2 amide bonds. The van der Waals surface area contributed by atoms with E-state index >= 15 is 0 Å². The zero-order valence-corrected chi connectivity index (χ0v) is 15.2. The molecule has 1 aromatic carbocycles. The fourth-order valence-electron chi connectivity index (χ4n) is 2.40. The number of imidazole rings is 1. The van der Waals surface area contributed by atoms with Gasteiger partial charge in [0.25, 0.3) is 5.91 Å². The second kappa shape index (κ2) is 6.59. The predicted molar refractivity (Wildman–Crippen MR) is 100 cm³/mol. The smallest absolute Gasteiger partial charge is 0.276 e. The lowest BCUT2D eigenvalue weighted by molar-refractivity contribution is -0.114. The molecule has 0 bridgehead atoms. The summed E-state index contributed by atoms with van der Waals surface area (Å²) < 4.78 is 1.62. The third-order valence-corrected chi connectivity index (χ3v) is 3.78. The highest BCUT2D eigenvalue weighted by molar-refractivity contribution is 6.03. The highest BCUT2D eigenvalue weighted by atomic mass is 16.2. The van der Waals surface area contributed by atoms with Crippen molar-refractivity contribution in [2.45, 2.75) is 33.1 Å². The van der Waals surface area contributed by atoms with Gasteiger partial charge in [0.2, 0.25) is 5.91 Å². The van der Waals surface area contributed by atoms with Gasteiger partial charge in [-0.2, -0.15) is 5.10 Å². The van der Waals surface area contributed by atoms with Gasteiger partial charge in [0.05, 0.1) is 11.9 Å². The summed E-state index contributed by atoms with van der Waals surface area (Å²) in [6, 6.07) is 10.3. The zero-order valence-electron chi connectivity index (χ0n) is 15.2. The summed E-state index contributed by atoms with van der Waals surface area (Å²) in [5, 5.41) is 9.82. The minimum atomic E-state index is -0.315. The van der Waals surface area contributed by atoms with E-state index in [1.165, 1.54) is 6.92 Å². The molecule has 0 unspecified atom stereocenters. The van der Waals surface area contributed by atoms with E-state index in [2.05, 4.69) is 41.5 Å². The Balaban J connectivity index is 1.78. The number of rotatable bonds is 3. The number of aromatic nitrogens is 3. The van der Waals surface area contributed by atoms with Gasteiger partial charge in [0, 0.05) is 23.7 Å². The van der Waals surface area contributed by atoms with Crippen molar-refractivity contribution >= 4 is 28.8 Å². The molecule has 0 aliphatic rings. The SMILES string of the molecule is CC(=O)Nc1ccc(NC(=O)c2ccc3nc(C(C)(C)C)cn3n2)cc1. The molecule has 3 aromatic rings. The molecule has 0 radical (unpaired) electrons. The van der Waals surface area contributed by atoms with Crippen LogP contribution in [0.5, 0.6) is 0 Å². The molecule has 3 rings (SSSR count). The first-order chi connectivity index (χ1) is 12.2. The maximum atomic E-state index is 12.4. The van der Waals surface area contributed by atoms with Crippen LogP contribution in [-0.4, -0.2) is 26.4 Å². The number of anilines is 2. The quantitative estimate of drug-likeness (QED) is 0.758. The van der Waals surface area contributed by atoms with Crippen LogP contribution >= 0.6 is 0 Å². The number of nitrogens with zero attached hydrogens (tertiary/aromatic N) is 3. The summed E-state index contributed by atoms with van der Waals surface area (Å²) in [5.41, 5.74) is 3.10.